The van der Waals surface area contributed by atoms with Crippen LogP contribution in [0.1, 0.15) is 33.6 Å². The molecule has 1 aliphatic rings. The number of likely N-dealkylation sites (tertiary alicyclic amines) is 1. The maximum absolute atomic E-state index is 12.2. The van der Waals surface area contributed by atoms with E-state index in [1.807, 2.05) is 25.7 Å². The van der Waals surface area contributed by atoms with E-state index in [0.717, 1.165) is 38.2 Å². The first-order chi connectivity index (χ1) is 10.3. The zero-order valence-corrected chi connectivity index (χ0v) is 15.7. The summed E-state index contributed by atoms with van der Waals surface area (Å²) < 4.78 is 6.70. The Labute approximate surface area is 146 Å². The number of hydrogen-bond acceptors (Lipinski definition) is 3. The number of hydrogen-bond donors (Lipinski definition) is 1. The number of halogens is 1. The Bertz CT molecular complexity index is 496. The van der Waals surface area contributed by atoms with Gasteiger partial charge in [-0.2, -0.15) is 0 Å². The molecule has 0 radical (unpaired) electrons. The monoisotopic (exact) mass is 416 g/mol. The van der Waals surface area contributed by atoms with Crippen molar-refractivity contribution in [3.63, 3.8) is 0 Å². The van der Waals surface area contributed by atoms with E-state index in [1.165, 1.54) is 3.57 Å². The molecule has 1 atom stereocenters. The molecule has 1 aliphatic heterocycles. The minimum atomic E-state index is -0.427. The van der Waals surface area contributed by atoms with E-state index in [2.05, 4.69) is 52.2 Å². The first kappa shape index (κ1) is 17.4. The van der Waals surface area contributed by atoms with Gasteiger partial charge in [-0.05, 0) is 86.4 Å². The molecular formula is C17H25IN2O2. The van der Waals surface area contributed by atoms with Crippen LogP contribution in [0.3, 0.4) is 0 Å². The summed E-state index contributed by atoms with van der Waals surface area (Å²) >= 11 is 2.30. The molecule has 22 heavy (non-hydrogen) atoms. The second kappa shape index (κ2) is 7.53. The smallest absolute Gasteiger partial charge is 0.410 e. The van der Waals surface area contributed by atoms with Gasteiger partial charge in [0.25, 0.3) is 0 Å². The van der Waals surface area contributed by atoms with E-state index in [4.69, 9.17) is 4.74 Å². The molecule has 1 aromatic rings. The van der Waals surface area contributed by atoms with Crippen molar-refractivity contribution in [1.82, 2.24) is 4.90 Å². The van der Waals surface area contributed by atoms with Gasteiger partial charge >= 0.3 is 6.09 Å². The molecule has 0 spiro atoms. The largest absolute Gasteiger partial charge is 0.444 e. The molecule has 122 valence electrons. The quantitative estimate of drug-likeness (QED) is 0.745. The number of rotatable bonds is 3. The summed E-state index contributed by atoms with van der Waals surface area (Å²) in [4.78, 5) is 14.0. The van der Waals surface area contributed by atoms with Crippen molar-refractivity contribution in [1.29, 1.82) is 0 Å². The lowest BCUT2D eigenvalue weighted by atomic mass is 9.98. The van der Waals surface area contributed by atoms with Gasteiger partial charge in [-0.1, -0.05) is 0 Å². The van der Waals surface area contributed by atoms with Crippen LogP contribution in [0.25, 0.3) is 0 Å². The van der Waals surface area contributed by atoms with Crippen LogP contribution >= 0.6 is 22.6 Å². The van der Waals surface area contributed by atoms with E-state index in [9.17, 15) is 4.79 Å². The summed E-state index contributed by atoms with van der Waals surface area (Å²) in [7, 11) is 0. The first-order valence-electron chi connectivity index (χ1n) is 7.81. The summed E-state index contributed by atoms with van der Waals surface area (Å²) in [5.41, 5.74) is 0.707. The topological polar surface area (TPSA) is 41.6 Å². The van der Waals surface area contributed by atoms with Crippen molar-refractivity contribution in [2.24, 2.45) is 5.92 Å². The van der Waals surface area contributed by atoms with Crippen molar-refractivity contribution in [2.75, 3.05) is 25.0 Å². The third kappa shape index (κ3) is 5.66. The predicted octanol–water partition coefficient (Wildman–Crippen LogP) is 4.35. The molecule has 1 heterocycles. The number of amides is 1. The summed E-state index contributed by atoms with van der Waals surface area (Å²) in [5.74, 6) is 0.473. The highest BCUT2D eigenvalue weighted by Crippen LogP contribution is 2.20. The van der Waals surface area contributed by atoms with Crippen molar-refractivity contribution < 1.29 is 9.53 Å². The summed E-state index contributed by atoms with van der Waals surface area (Å²) in [6.07, 6.45) is 2.00. The minimum absolute atomic E-state index is 0.188. The molecule has 4 nitrogen and oxygen atoms in total. The van der Waals surface area contributed by atoms with Crippen molar-refractivity contribution in [2.45, 2.75) is 39.2 Å². The van der Waals surface area contributed by atoms with E-state index in [-0.39, 0.29) is 6.09 Å². The third-order valence-corrected chi connectivity index (χ3v) is 4.33. The molecular weight excluding hydrogens is 391 g/mol. The molecule has 0 bridgehead atoms. The van der Waals surface area contributed by atoms with Crippen LogP contribution in [-0.4, -0.2) is 36.2 Å². The molecule has 1 aromatic carbocycles. The predicted molar refractivity (Wildman–Crippen MR) is 98.2 cm³/mol. The van der Waals surface area contributed by atoms with Crippen LogP contribution < -0.4 is 5.32 Å². The number of nitrogens with one attached hydrogen (secondary N) is 1. The third-order valence-electron chi connectivity index (χ3n) is 3.61. The van der Waals surface area contributed by atoms with Crippen LogP contribution in [0.4, 0.5) is 10.5 Å². The molecule has 1 N–H and O–H groups in total. The number of carbonyl (C=O) groups is 1. The molecule has 1 fully saturated rings. The summed E-state index contributed by atoms with van der Waals surface area (Å²) in [5, 5.41) is 3.47. The van der Waals surface area contributed by atoms with Gasteiger partial charge in [0.1, 0.15) is 5.60 Å². The standard InChI is InChI=1S/C17H25IN2O2/c1-17(2,3)22-16(21)20-10-4-5-13(12-20)11-19-15-8-6-14(18)7-9-15/h6-9,13,19H,4-5,10-12H2,1-3H3. The fourth-order valence-corrected chi connectivity index (χ4v) is 2.91. The molecule has 0 aromatic heterocycles. The minimum Gasteiger partial charge on any atom is -0.444 e. The highest BCUT2D eigenvalue weighted by atomic mass is 127. The lowest BCUT2D eigenvalue weighted by Gasteiger charge is -2.34. The Hall–Kier alpha value is -0.980. The Balaban J connectivity index is 1.82. The number of ether oxygens (including phenoxy) is 1. The number of carbonyl (C=O) groups excluding carboxylic acids is 1. The number of benzene rings is 1. The zero-order chi connectivity index (χ0) is 16.2. The van der Waals surface area contributed by atoms with Gasteiger partial charge in [-0.15, -0.1) is 0 Å². The number of piperidine rings is 1. The van der Waals surface area contributed by atoms with Crippen LogP contribution in [0, 0.1) is 9.49 Å². The normalized spacial score (nSPS) is 18.9. The Kier molecular flexibility index (Phi) is 5.94. The summed E-state index contributed by atoms with van der Waals surface area (Å²) in [6.45, 7) is 8.18. The maximum atomic E-state index is 12.2. The molecule has 1 amide bonds. The van der Waals surface area contributed by atoms with Crippen molar-refractivity contribution in [3.05, 3.63) is 27.8 Å². The number of anilines is 1. The van der Waals surface area contributed by atoms with Gasteiger partial charge in [0.15, 0.2) is 0 Å². The molecule has 5 heteroatoms. The highest BCUT2D eigenvalue weighted by molar-refractivity contribution is 14.1. The number of nitrogens with zero attached hydrogens (tertiary/aromatic N) is 1. The van der Waals surface area contributed by atoms with Gasteiger partial charge in [-0.3, -0.25) is 0 Å². The van der Waals surface area contributed by atoms with Gasteiger partial charge in [-0.25, -0.2) is 4.79 Å². The van der Waals surface area contributed by atoms with Crippen LogP contribution in [-0.2, 0) is 4.74 Å². The maximum Gasteiger partial charge on any atom is 0.410 e. The Morgan fingerprint density at radius 3 is 2.68 bits per heavy atom. The molecule has 0 aliphatic carbocycles. The first-order valence-corrected chi connectivity index (χ1v) is 8.89. The second-order valence-corrected chi connectivity index (χ2v) is 8.07. The van der Waals surface area contributed by atoms with Crippen molar-refractivity contribution >= 4 is 34.4 Å². The average Bonchev–Trinajstić information content (AvgIpc) is 2.45. The highest BCUT2D eigenvalue weighted by Gasteiger charge is 2.27. The fraction of sp³-hybridized carbons (Fsp3) is 0.588. The lowest BCUT2D eigenvalue weighted by molar-refractivity contribution is 0.0172. The molecule has 1 saturated heterocycles. The average molecular weight is 416 g/mol. The second-order valence-electron chi connectivity index (χ2n) is 6.82. The Morgan fingerprint density at radius 2 is 2.05 bits per heavy atom. The molecule has 0 saturated carbocycles. The Morgan fingerprint density at radius 1 is 1.36 bits per heavy atom. The van der Waals surface area contributed by atoms with E-state index in [0.29, 0.717) is 5.92 Å². The molecule has 2 rings (SSSR count). The lowest BCUT2D eigenvalue weighted by Crippen LogP contribution is -2.44. The van der Waals surface area contributed by atoms with Gasteiger partial charge in [0.2, 0.25) is 0 Å². The van der Waals surface area contributed by atoms with E-state index < -0.39 is 5.60 Å². The van der Waals surface area contributed by atoms with Crippen molar-refractivity contribution in [3.8, 4) is 0 Å². The fourth-order valence-electron chi connectivity index (χ4n) is 2.55. The molecule has 1 unspecified atom stereocenters. The van der Waals surface area contributed by atoms with Crippen LogP contribution in [0.15, 0.2) is 24.3 Å². The van der Waals surface area contributed by atoms with Crippen LogP contribution in [0.5, 0.6) is 0 Å². The summed E-state index contributed by atoms with van der Waals surface area (Å²) in [6, 6.07) is 8.37. The van der Waals surface area contributed by atoms with Crippen LogP contribution in [0.2, 0.25) is 0 Å². The van der Waals surface area contributed by atoms with Gasteiger partial charge < -0.3 is 15.0 Å². The zero-order valence-electron chi connectivity index (χ0n) is 13.6. The van der Waals surface area contributed by atoms with E-state index >= 15 is 0 Å². The van der Waals surface area contributed by atoms with Gasteiger partial charge in [0, 0.05) is 28.9 Å². The van der Waals surface area contributed by atoms with E-state index in [1.54, 1.807) is 0 Å². The SMILES string of the molecule is CC(C)(C)OC(=O)N1CCCC(CNc2ccc(I)cc2)C1. The van der Waals surface area contributed by atoms with Gasteiger partial charge in [0.05, 0.1) is 0 Å².